The molecule has 0 radical (unpaired) electrons. The van der Waals surface area contributed by atoms with Crippen LogP contribution in [0.2, 0.25) is 5.02 Å². The van der Waals surface area contributed by atoms with Gasteiger partial charge in [0.25, 0.3) is 0 Å². The van der Waals surface area contributed by atoms with Gasteiger partial charge in [-0.05, 0) is 30.8 Å². The van der Waals surface area contributed by atoms with E-state index in [1.165, 1.54) is 0 Å². The highest BCUT2D eigenvalue weighted by Crippen LogP contribution is 2.33. The Balaban J connectivity index is 2.25. The molecule has 0 amide bonds. The minimum atomic E-state index is 0.571. The van der Waals surface area contributed by atoms with E-state index in [4.69, 9.17) is 16.3 Å². The molecule has 2 rings (SSSR count). The number of benzene rings is 1. The van der Waals surface area contributed by atoms with Crippen molar-refractivity contribution in [1.82, 2.24) is 10.3 Å². The summed E-state index contributed by atoms with van der Waals surface area (Å²) in [6, 6.07) is 7.44. The summed E-state index contributed by atoms with van der Waals surface area (Å²) in [6.07, 6.45) is 3.45. The van der Waals surface area contributed by atoms with Crippen molar-refractivity contribution >= 4 is 27.5 Å². The van der Waals surface area contributed by atoms with E-state index in [-0.39, 0.29) is 0 Å². The molecule has 0 aliphatic heterocycles. The number of nitrogens with one attached hydrogen (secondary N) is 1. The molecule has 0 saturated heterocycles. The summed E-state index contributed by atoms with van der Waals surface area (Å²) in [5.74, 6) is 1.32. The number of hydrogen-bond acceptors (Lipinski definition) is 3. The zero-order valence-corrected chi connectivity index (χ0v) is 12.8. The summed E-state index contributed by atoms with van der Waals surface area (Å²) in [4.78, 5) is 4.09. The van der Waals surface area contributed by atoms with Gasteiger partial charge in [-0.3, -0.25) is 4.98 Å². The molecule has 100 valence electrons. The van der Waals surface area contributed by atoms with Crippen LogP contribution in [0.3, 0.4) is 0 Å². The molecular formula is C14H14BrClN2O. The monoisotopic (exact) mass is 340 g/mol. The zero-order chi connectivity index (χ0) is 13.7. The molecule has 0 aliphatic carbocycles. The molecule has 0 bridgehead atoms. The molecule has 0 fully saturated rings. The first-order valence-electron chi connectivity index (χ1n) is 5.97. The smallest absolute Gasteiger partial charge is 0.150 e. The third kappa shape index (κ3) is 3.93. The van der Waals surface area contributed by atoms with Gasteiger partial charge in [-0.15, -0.1) is 0 Å². The van der Waals surface area contributed by atoms with Crippen molar-refractivity contribution in [2.45, 2.75) is 13.5 Å². The summed E-state index contributed by atoms with van der Waals surface area (Å²) in [6.45, 7) is 3.70. The van der Waals surface area contributed by atoms with E-state index in [0.717, 1.165) is 23.1 Å². The van der Waals surface area contributed by atoms with Crippen LogP contribution in [-0.4, -0.2) is 11.5 Å². The molecule has 0 atom stereocenters. The maximum atomic E-state index is 6.12. The van der Waals surface area contributed by atoms with Crippen molar-refractivity contribution in [3.63, 3.8) is 0 Å². The summed E-state index contributed by atoms with van der Waals surface area (Å²) in [7, 11) is 0. The number of halogens is 2. The lowest BCUT2D eigenvalue weighted by atomic mass is 10.2. The first kappa shape index (κ1) is 14.3. The lowest BCUT2D eigenvalue weighted by Gasteiger charge is -2.12. The minimum absolute atomic E-state index is 0.571. The summed E-state index contributed by atoms with van der Waals surface area (Å²) in [5, 5.41) is 3.84. The lowest BCUT2D eigenvalue weighted by Crippen LogP contribution is -2.12. The Bertz CT molecular complexity index is 563. The molecule has 1 aromatic carbocycles. The first-order valence-corrected chi connectivity index (χ1v) is 7.14. The number of nitrogens with zero attached hydrogens (tertiary/aromatic N) is 1. The number of pyridine rings is 1. The SMILES string of the molecule is CCNCc1ccncc1Oc1cc(Br)ccc1Cl. The van der Waals surface area contributed by atoms with Gasteiger partial charge in [-0.25, -0.2) is 0 Å². The molecule has 1 N–H and O–H groups in total. The van der Waals surface area contributed by atoms with E-state index in [2.05, 4.69) is 33.2 Å². The Morgan fingerprint density at radius 3 is 2.95 bits per heavy atom. The highest BCUT2D eigenvalue weighted by atomic mass is 79.9. The van der Waals surface area contributed by atoms with Crippen molar-refractivity contribution in [2.75, 3.05) is 6.54 Å². The standard InChI is InChI=1S/C14H14BrClN2O/c1-2-17-8-10-5-6-18-9-14(10)19-13-7-11(15)3-4-12(13)16/h3-7,9,17H,2,8H2,1H3. The average Bonchev–Trinajstić information content (AvgIpc) is 2.42. The van der Waals surface area contributed by atoms with Gasteiger partial charge in [0.2, 0.25) is 0 Å². The Labute approximate surface area is 126 Å². The predicted octanol–water partition coefficient (Wildman–Crippen LogP) is 4.40. The van der Waals surface area contributed by atoms with E-state index in [9.17, 15) is 0 Å². The maximum Gasteiger partial charge on any atom is 0.150 e. The fourth-order valence-electron chi connectivity index (χ4n) is 1.58. The van der Waals surface area contributed by atoms with E-state index in [1.807, 2.05) is 18.2 Å². The van der Waals surface area contributed by atoms with Crippen LogP contribution in [-0.2, 0) is 6.54 Å². The maximum absolute atomic E-state index is 6.12. The minimum Gasteiger partial charge on any atom is -0.454 e. The van der Waals surface area contributed by atoms with Gasteiger partial charge in [-0.1, -0.05) is 34.5 Å². The Kier molecular flexibility index (Phi) is 5.19. The second kappa shape index (κ2) is 6.89. The fourth-order valence-corrected chi connectivity index (χ4v) is 2.08. The number of ether oxygens (including phenoxy) is 1. The summed E-state index contributed by atoms with van der Waals surface area (Å²) in [5.41, 5.74) is 1.05. The van der Waals surface area contributed by atoms with Crippen molar-refractivity contribution < 1.29 is 4.74 Å². The third-order valence-electron chi connectivity index (χ3n) is 2.55. The van der Waals surface area contributed by atoms with Crippen LogP contribution >= 0.6 is 27.5 Å². The molecular weight excluding hydrogens is 328 g/mol. The van der Waals surface area contributed by atoms with E-state index in [1.54, 1.807) is 18.5 Å². The molecule has 1 heterocycles. The molecule has 5 heteroatoms. The van der Waals surface area contributed by atoms with Crippen LogP contribution in [0.4, 0.5) is 0 Å². The fraction of sp³-hybridized carbons (Fsp3) is 0.214. The van der Waals surface area contributed by atoms with Crippen molar-refractivity contribution in [1.29, 1.82) is 0 Å². The van der Waals surface area contributed by atoms with E-state index in [0.29, 0.717) is 16.5 Å². The van der Waals surface area contributed by atoms with Crippen LogP contribution in [0.5, 0.6) is 11.5 Å². The molecule has 0 aliphatic rings. The number of aromatic nitrogens is 1. The van der Waals surface area contributed by atoms with Crippen LogP contribution in [0.15, 0.2) is 41.1 Å². The van der Waals surface area contributed by atoms with Crippen LogP contribution in [0.1, 0.15) is 12.5 Å². The predicted molar refractivity (Wildman–Crippen MR) is 80.8 cm³/mol. The highest BCUT2D eigenvalue weighted by Gasteiger charge is 2.08. The molecule has 0 saturated carbocycles. The van der Waals surface area contributed by atoms with Crippen LogP contribution < -0.4 is 10.1 Å². The van der Waals surface area contributed by atoms with Crippen molar-refractivity contribution in [3.05, 3.63) is 51.7 Å². The number of rotatable bonds is 5. The van der Waals surface area contributed by atoms with Crippen molar-refractivity contribution in [3.8, 4) is 11.5 Å². The molecule has 3 nitrogen and oxygen atoms in total. The van der Waals surface area contributed by atoms with Gasteiger partial charge >= 0.3 is 0 Å². The van der Waals surface area contributed by atoms with Gasteiger partial charge in [0.1, 0.15) is 11.5 Å². The quantitative estimate of drug-likeness (QED) is 0.875. The van der Waals surface area contributed by atoms with Gasteiger partial charge in [0, 0.05) is 22.8 Å². The number of hydrogen-bond donors (Lipinski definition) is 1. The molecule has 19 heavy (non-hydrogen) atoms. The van der Waals surface area contributed by atoms with Gasteiger partial charge in [0.15, 0.2) is 0 Å². The van der Waals surface area contributed by atoms with E-state index >= 15 is 0 Å². The first-order chi connectivity index (χ1) is 9.20. The molecule has 0 unspecified atom stereocenters. The Morgan fingerprint density at radius 1 is 1.32 bits per heavy atom. The van der Waals surface area contributed by atoms with Gasteiger partial charge < -0.3 is 10.1 Å². The third-order valence-corrected chi connectivity index (χ3v) is 3.35. The van der Waals surface area contributed by atoms with Crippen LogP contribution in [0, 0.1) is 0 Å². The summed E-state index contributed by atoms with van der Waals surface area (Å²) < 4.78 is 6.77. The van der Waals surface area contributed by atoms with Crippen molar-refractivity contribution in [2.24, 2.45) is 0 Å². The lowest BCUT2D eigenvalue weighted by molar-refractivity contribution is 0.470. The second-order valence-corrected chi connectivity index (χ2v) is 5.26. The van der Waals surface area contributed by atoms with Gasteiger partial charge in [-0.2, -0.15) is 0 Å². The Morgan fingerprint density at radius 2 is 2.16 bits per heavy atom. The summed E-state index contributed by atoms with van der Waals surface area (Å²) >= 11 is 9.52. The molecule has 0 spiro atoms. The van der Waals surface area contributed by atoms with Gasteiger partial charge in [0.05, 0.1) is 11.2 Å². The molecule has 2 aromatic rings. The Hall–Kier alpha value is -1.10. The topological polar surface area (TPSA) is 34.2 Å². The highest BCUT2D eigenvalue weighted by molar-refractivity contribution is 9.10. The second-order valence-electron chi connectivity index (χ2n) is 3.94. The van der Waals surface area contributed by atoms with Crippen LogP contribution in [0.25, 0.3) is 0 Å². The zero-order valence-electron chi connectivity index (χ0n) is 10.5. The normalized spacial score (nSPS) is 10.5. The van der Waals surface area contributed by atoms with E-state index < -0.39 is 0 Å². The molecule has 1 aromatic heterocycles. The average molecular weight is 342 g/mol. The largest absolute Gasteiger partial charge is 0.454 e.